The van der Waals surface area contributed by atoms with Crippen LogP contribution in [0.5, 0.6) is 5.75 Å². The lowest BCUT2D eigenvalue weighted by Crippen LogP contribution is -2.13. The zero-order valence-electron chi connectivity index (χ0n) is 10.6. The highest BCUT2D eigenvalue weighted by Crippen LogP contribution is 2.20. The molecule has 0 saturated carbocycles. The standard InChI is InChI=1S/C14H15N3O2/c1-9-6-11(2-3-13(9)18)17-14(19)10-4-5-16-12(7-10)8-15/h2-7,18H,8,15H2,1H3,(H,17,19). The van der Waals surface area contributed by atoms with E-state index in [-0.39, 0.29) is 11.7 Å². The summed E-state index contributed by atoms with van der Waals surface area (Å²) in [5.41, 5.74) is 7.98. The molecule has 2 rings (SSSR count). The zero-order valence-corrected chi connectivity index (χ0v) is 10.6. The molecule has 0 fully saturated rings. The molecule has 1 aromatic heterocycles. The van der Waals surface area contributed by atoms with E-state index >= 15 is 0 Å². The van der Waals surface area contributed by atoms with Gasteiger partial charge in [-0.05, 0) is 42.8 Å². The molecule has 0 aliphatic heterocycles. The fraction of sp³-hybridized carbons (Fsp3) is 0.143. The SMILES string of the molecule is Cc1cc(NC(=O)c2ccnc(CN)c2)ccc1O. The number of hydrogen-bond acceptors (Lipinski definition) is 4. The molecule has 0 radical (unpaired) electrons. The Hall–Kier alpha value is -2.40. The minimum Gasteiger partial charge on any atom is -0.508 e. The summed E-state index contributed by atoms with van der Waals surface area (Å²) in [6, 6.07) is 8.18. The Morgan fingerprint density at radius 3 is 2.84 bits per heavy atom. The van der Waals surface area contributed by atoms with E-state index < -0.39 is 0 Å². The lowest BCUT2D eigenvalue weighted by molar-refractivity contribution is 0.102. The zero-order chi connectivity index (χ0) is 13.8. The summed E-state index contributed by atoms with van der Waals surface area (Å²) in [5.74, 6) is -0.0329. The summed E-state index contributed by atoms with van der Waals surface area (Å²) in [6.07, 6.45) is 1.55. The third-order valence-electron chi connectivity index (χ3n) is 2.74. The maximum Gasteiger partial charge on any atom is 0.255 e. The van der Waals surface area contributed by atoms with Gasteiger partial charge in [-0.25, -0.2) is 0 Å². The first-order valence-corrected chi connectivity index (χ1v) is 5.86. The molecule has 0 aliphatic rings. The minimum atomic E-state index is -0.234. The van der Waals surface area contributed by atoms with Gasteiger partial charge >= 0.3 is 0 Å². The first-order chi connectivity index (χ1) is 9.10. The van der Waals surface area contributed by atoms with E-state index in [1.165, 1.54) is 0 Å². The van der Waals surface area contributed by atoms with Crippen molar-refractivity contribution in [3.63, 3.8) is 0 Å². The van der Waals surface area contributed by atoms with Crippen molar-refractivity contribution in [1.29, 1.82) is 0 Å². The highest BCUT2D eigenvalue weighted by atomic mass is 16.3. The van der Waals surface area contributed by atoms with Crippen LogP contribution in [0.4, 0.5) is 5.69 Å². The van der Waals surface area contributed by atoms with Gasteiger partial charge in [-0.3, -0.25) is 9.78 Å². The summed E-state index contributed by atoms with van der Waals surface area (Å²) in [5, 5.41) is 12.2. The van der Waals surface area contributed by atoms with Crippen LogP contribution < -0.4 is 11.1 Å². The molecule has 1 amide bonds. The maximum absolute atomic E-state index is 12.0. The van der Waals surface area contributed by atoms with E-state index in [1.54, 1.807) is 43.5 Å². The molecule has 0 spiro atoms. The number of nitrogens with zero attached hydrogens (tertiary/aromatic N) is 1. The summed E-state index contributed by atoms with van der Waals surface area (Å²) in [7, 11) is 0. The van der Waals surface area contributed by atoms with Crippen molar-refractivity contribution < 1.29 is 9.90 Å². The fourth-order valence-electron chi connectivity index (χ4n) is 1.67. The van der Waals surface area contributed by atoms with Crippen LogP contribution in [0.1, 0.15) is 21.6 Å². The van der Waals surface area contributed by atoms with Crippen molar-refractivity contribution >= 4 is 11.6 Å². The van der Waals surface area contributed by atoms with Crippen molar-refractivity contribution in [1.82, 2.24) is 4.98 Å². The van der Waals surface area contributed by atoms with Gasteiger partial charge in [0.1, 0.15) is 5.75 Å². The number of nitrogens with two attached hydrogens (primary N) is 1. The Bertz CT molecular complexity index is 611. The van der Waals surface area contributed by atoms with Crippen LogP contribution in [0.3, 0.4) is 0 Å². The number of carbonyl (C=O) groups excluding carboxylic acids is 1. The number of carbonyl (C=O) groups is 1. The van der Waals surface area contributed by atoms with Gasteiger partial charge in [-0.1, -0.05) is 0 Å². The monoisotopic (exact) mass is 257 g/mol. The van der Waals surface area contributed by atoms with Gasteiger partial charge in [-0.15, -0.1) is 0 Å². The number of phenols is 1. The van der Waals surface area contributed by atoms with Gasteiger partial charge in [-0.2, -0.15) is 0 Å². The number of aromatic nitrogens is 1. The number of benzene rings is 1. The van der Waals surface area contributed by atoms with Crippen LogP contribution in [-0.2, 0) is 6.54 Å². The number of amides is 1. The first-order valence-electron chi connectivity index (χ1n) is 5.86. The van der Waals surface area contributed by atoms with Gasteiger partial charge in [0.2, 0.25) is 0 Å². The lowest BCUT2D eigenvalue weighted by atomic mass is 10.1. The molecular formula is C14H15N3O2. The van der Waals surface area contributed by atoms with Crippen molar-refractivity contribution in [2.75, 3.05) is 5.32 Å². The second-order valence-corrected chi connectivity index (χ2v) is 4.20. The Morgan fingerprint density at radius 1 is 1.37 bits per heavy atom. The average molecular weight is 257 g/mol. The summed E-state index contributed by atoms with van der Waals surface area (Å²) in [6.45, 7) is 2.06. The van der Waals surface area contributed by atoms with Crippen molar-refractivity contribution in [3.8, 4) is 5.75 Å². The summed E-state index contributed by atoms with van der Waals surface area (Å²) in [4.78, 5) is 16.1. The molecule has 98 valence electrons. The molecule has 0 atom stereocenters. The molecule has 4 N–H and O–H groups in total. The number of hydrogen-bond donors (Lipinski definition) is 3. The molecule has 1 aromatic carbocycles. The Balaban J connectivity index is 2.18. The van der Waals surface area contributed by atoms with E-state index in [1.807, 2.05) is 0 Å². The highest BCUT2D eigenvalue weighted by Gasteiger charge is 2.07. The topological polar surface area (TPSA) is 88.2 Å². The molecule has 5 nitrogen and oxygen atoms in total. The number of anilines is 1. The van der Waals surface area contributed by atoms with Crippen LogP contribution in [0.2, 0.25) is 0 Å². The summed E-state index contributed by atoms with van der Waals surface area (Å²) < 4.78 is 0. The number of aryl methyl sites for hydroxylation is 1. The maximum atomic E-state index is 12.0. The lowest BCUT2D eigenvalue weighted by Gasteiger charge is -2.07. The van der Waals surface area contributed by atoms with E-state index in [0.29, 0.717) is 29.1 Å². The normalized spacial score (nSPS) is 10.2. The van der Waals surface area contributed by atoms with Gasteiger partial charge in [0.15, 0.2) is 0 Å². The third-order valence-corrected chi connectivity index (χ3v) is 2.74. The van der Waals surface area contributed by atoms with Gasteiger partial charge in [0.05, 0.1) is 5.69 Å². The molecule has 19 heavy (non-hydrogen) atoms. The third kappa shape index (κ3) is 3.08. The minimum absolute atomic E-state index is 0.201. The van der Waals surface area contributed by atoms with Gasteiger partial charge in [0.25, 0.3) is 5.91 Å². The number of nitrogens with one attached hydrogen (secondary N) is 1. The fourth-order valence-corrected chi connectivity index (χ4v) is 1.67. The van der Waals surface area contributed by atoms with E-state index in [0.717, 1.165) is 0 Å². The number of phenolic OH excluding ortho intramolecular Hbond substituents is 1. The van der Waals surface area contributed by atoms with Crippen molar-refractivity contribution in [2.45, 2.75) is 13.5 Å². The molecule has 2 aromatic rings. The first kappa shape index (κ1) is 13.0. The van der Waals surface area contributed by atoms with Crippen LogP contribution in [-0.4, -0.2) is 16.0 Å². The molecule has 0 aliphatic carbocycles. The Morgan fingerprint density at radius 2 is 2.16 bits per heavy atom. The second-order valence-electron chi connectivity index (χ2n) is 4.20. The predicted molar refractivity (Wildman–Crippen MR) is 72.9 cm³/mol. The highest BCUT2D eigenvalue weighted by molar-refractivity contribution is 6.04. The van der Waals surface area contributed by atoms with Crippen molar-refractivity contribution in [2.24, 2.45) is 5.73 Å². The van der Waals surface area contributed by atoms with E-state index in [9.17, 15) is 9.90 Å². The average Bonchev–Trinajstić information content (AvgIpc) is 2.43. The smallest absolute Gasteiger partial charge is 0.255 e. The molecule has 5 heteroatoms. The van der Waals surface area contributed by atoms with E-state index in [4.69, 9.17) is 5.73 Å². The number of pyridine rings is 1. The number of rotatable bonds is 3. The van der Waals surface area contributed by atoms with Crippen LogP contribution in [0.25, 0.3) is 0 Å². The quantitative estimate of drug-likeness (QED) is 0.732. The Labute approximate surface area is 111 Å². The van der Waals surface area contributed by atoms with Crippen LogP contribution in [0, 0.1) is 6.92 Å². The van der Waals surface area contributed by atoms with Crippen molar-refractivity contribution in [3.05, 3.63) is 53.3 Å². The van der Waals surface area contributed by atoms with Crippen LogP contribution >= 0.6 is 0 Å². The molecular weight excluding hydrogens is 242 g/mol. The predicted octanol–water partition coefficient (Wildman–Crippen LogP) is 1.81. The largest absolute Gasteiger partial charge is 0.508 e. The van der Waals surface area contributed by atoms with Crippen LogP contribution in [0.15, 0.2) is 36.5 Å². The molecule has 0 saturated heterocycles. The summed E-state index contributed by atoms with van der Waals surface area (Å²) >= 11 is 0. The van der Waals surface area contributed by atoms with Gasteiger partial charge < -0.3 is 16.2 Å². The molecule has 1 heterocycles. The molecule has 0 bridgehead atoms. The Kier molecular flexibility index (Phi) is 3.77. The van der Waals surface area contributed by atoms with E-state index in [2.05, 4.69) is 10.3 Å². The van der Waals surface area contributed by atoms with Gasteiger partial charge in [0, 0.05) is 24.0 Å². The molecule has 0 unspecified atom stereocenters. The second kappa shape index (κ2) is 5.49. The number of aromatic hydroxyl groups is 1.